The lowest BCUT2D eigenvalue weighted by molar-refractivity contribution is -0.135. The molecule has 29 heavy (non-hydrogen) atoms. The van der Waals surface area contributed by atoms with E-state index < -0.39 is 0 Å². The van der Waals surface area contributed by atoms with Crippen LogP contribution in [0, 0.1) is 5.92 Å². The van der Waals surface area contributed by atoms with Crippen molar-refractivity contribution in [3.8, 4) is 0 Å². The Morgan fingerprint density at radius 3 is 2.59 bits per heavy atom. The molecule has 5 heteroatoms. The molecular formula is C24H37N3O2. The third-order valence-corrected chi connectivity index (χ3v) is 6.42. The minimum Gasteiger partial charge on any atom is -0.343 e. The highest BCUT2D eigenvalue weighted by Crippen LogP contribution is 2.19. The normalized spacial score (nSPS) is 18.8. The van der Waals surface area contributed by atoms with E-state index in [9.17, 15) is 9.59 Å². The molecule has 5 nitrogen and oxygen atoms in total. The highest BCUT2D eigenvalue weighted by Gasteiger charge is 2.23. The van der Waals surface area contributed by atoms with Crippen LogP contribution in [-0.4, -0.2) is 72.8 Å². The van der Waals surface area contributed by atoms with Crippen molar-refractivity contribution in [3.63, 3.8) is 0 Å². The molecule has 0 radical (unpaired) electrons. The van der Waals surface area contributed by atoms with Crippen LogP contribution in [0.1, 0.15) is 50.5 Å². The van der Waals surface area contributed by atoms with Crippen LogP contribution in [0.2, 0.25) is 0 Å². The van der Waals surface area contributed by atoms with Gasteiger partial charge in [0.2, 0.25) is 11.8 Å². The van der Waals surface area contributed by atoms with Crippen LogP contribution in [-0.2, 0) is 16.0 Å². The van der Waals surface area contributed by atoms with Gasteiger partial charge < -0.3 is 14.7 Å². The molecule has 1 aromatic rings. The van der Waals surface area contributed by atoms with Gasteiger partial charge in [0.1, 0.15) is 0 Å². The van der Waals surface area contributed by atoms with E-state index in [0.29, 0.717) is 18.8 Å². The van der Waals surface area contributed by atoms with Crippen LogP contribution >= 0.6 is 0 Å². The van der Waals surface area contributed by atoms with Crippen LogP contribution in [0.25, 0.3) is 0 Å². The van der Waals surface area contributed by atoms with Gasteiger partial charge >= 0.3 is 0 Å². The monoisotopic (exact) mass is 399 g/mol. The molecule has 0 saturated carbocycles. The van der Waals surface area contributed by atoms with Crippen molar-refractivity contribution in [2.45, 2.75) is 51.4 Å². The van der Waals surface area contributed by atoms with Crippen LogP contribution < -0.4 is 0 Å². The van der Waals surface area contributed by atoms with Crippen molar-refractivity contribution in [2.24, 2.45) is 5.92 Å². The summed E-state index contributed by atoms with van der Waals surface area (Å²) in [4.78, 5) is 31.4. The molecule has 2 heterocycles. The maximum Gasteiger partial charge on any atom is 0.222 e. The fourth-order valence-electron chi connectivity index (χ4n) is 4.46. The predicted molar refractivity (Wildman–Crippen MR) is 117 cm³/mol. The van der Waals surface area contributed by atoms with Crippen LogP contribution in [0.5, 0.6) is 0 Å². The van der Waals surface area contributed by atoms with Crippen LogP contribution in [0.4, 0.5) is 0 Å². The van der Waals surface area contributed by atoms with Crippen molar-refractivity contribution in [3.05, 3.63) is 35.9 Å². The van der Waals surface area contributed by atoms with Gasteiger partial charge in [-0.3, -0.25) is 9.59 Å². The van der Waals surface area contributed by atoms with Crippen molar-refractivity contribution in [2.75, 3.05) is 46.3 Å². The number of nitrogens with zero attached hydrogens (tertiary/aromatic N) is 3. The number of hydrogen-bond acceptors (Lipinski definition) is 3. The van der Waals surface area contributed by atoms with E-state index in [1.165, 1.54) is 18.4 Å². The highest BCUT2D eigenvalue weighted by atomic mass is 16.2. The molecule has 0 spiro atoms. The first-order valence-corrected chi connectivity index (χ1v) is 11.4. The summed E-state index contributed by atoms with van der Waals surface area (Å²) < 4.78 is 0. The van der Waals surface area contributed by atoms with Gasteiger partial charge in [0, 0.05) is 39.0 Å². The largest absolute Gasteiger partial charge is 0.343 e. The van der Waals surface area contributed by atoms with Crippen molar-refractivity contribution >= 4 is 11.8 Å². The van der Waals surface area contributed by atoms with Gasteiger partial charge in [-0.2, -0.15) is 0 Å². The molecule has 2 saturated heterocycles. The second-order valence-corrected chi connectivity index (χ2v) is 8.76. The lowest BCUT2D eigenvalue weighted by Gasteiger charge is -2.33. The van der Waals surface area contributed by atoms with Gasteiger partial charge in [0.25, 0.3) is 0 Å². The van der Waals surface area contributed by atoms with Gasteiger partial charge in [-0.15, -0.1) is 0 Å². The Morgan fingerprint density at radius 2 is 1.86 bits per heavy atom. The molecule has 0 aliphatic carbocycles. The number of likely N-dealkylation sites (tertiary alicyclic amines) is 2. The maximum atomic E-state index is 13.0. The number of hydrogen-bond donors (Lipinski definition) is 0. The molecule has 0 bridgehead atoms. The Hall–Kier alpha value is -1.88. The minimum absolute atomic E-state index is 0.254. The van der Waals surface area contributed by atoms with E-state index in [-0.39, 0.29) is 11.8 Å². The molecule has 2 aliphatic heterocycles. The van der Waals surface area contributed by atoms with E-state index in [0.717, 1.165) is 65.0 Å². The Balaban J connectivity index is 1.50. The number of rotatable bonds is 9. The Bertz CT molecular complexity index is 641. The molecular weight excluding hydrogens is 362 g/mol. The fourth-order valence-corrected chi connectivity index (χ4v) is 4.46. The lowest BCUT2D eigenvalue weighted by atomic mass is 9.96. The summed E-state index contributed by atoms with van der Waals surface area (Å²) in [5.41, 5.74) is 1.28. The topological polar surface area (TPSA) is 43.9 Å². The zero-order valence-electron chi connectivity index (χ0n) is 18.0. The summed E-state index contributed by atoms with van der Waals surface area (Å²) in [7, 11) is 2.18. The third-order valence-electron chi connectivity index (χ3n) is 6.42. The zero-order valence-corrected chi connectivity index (χ0v) is 18.0. The number of piperidine rings is 2. The summed E-state index contributed by atoms with van der Waals surface area (Å²) >= 11 is 0. The summed E-state index contributed by atoms with van der Waals surface area (Å²) in [5, 5.41) is 0. The van der Waals surface area contributed by atoms with Crippen LogP contribution in [0.15, 0.2) is 30.3 Å². The van der Waals surface area contributed by atoms with Gasteiger partial charge in [-0.25, -0.2) is 0 Å². The summed E-state index contributed by atoms with van der Waals surface area (Å²) in [6.45, 7) is 5.51. The molecule has 0 atom stereocenters. The number of carbonyl (C=O) groups excluding carboxylic acids is 2. The van der Waals surface area contributed by atoms with E-state index in [2.05, 4.69) is 41.1 Å². The van der Waals surface area contributed by atoms with E-state index in [4.69, 9.17) is 0 Å². The van der Waals surface area contributed by atoms with Crippen molar-refractivity contribution in [1.29, 1.82) is 0 Å². The summed E-state index contributed by atoms with van der Waals surface area (Å²) in [6.07, 6.45) is 7.36. The maximum absolute atomic E-state index is 13.0. The molecule has 160 valence electrons. The molecule has 2 aliphatic rings. The van der Waals surface area contributed by atoms with Crippen molar-refractivity contribution in [1.82, 2.24) is 14.7 Å². The summed E-state index contributed by atoms with van der Waals surface area (Å²) in [6, 6.07) is 10.4. The van der Waals surface area contributed by atoms with Gasteiger partial charge in [0.15, 0.2) is 0 Å². The predicted octanol–water partition coefficient (Wildman–Crippen LogP) is 3.19. The molecule has 0 aromatic heterocycles. The smallest absolute Gasteiger partial charge is 0.222 e. The van der Waals surface area contributed by atoms with Gasteiger partial charge in [-0.1, -0.05) is 30.3 Å². The van der Waals surface area contributed by atoms with E-state index in [1.807, 2.05) is 11.0 Å². The standard InChI is InChI=1S/C24H37N3O2/c1-25-17-12-22(13-18-25)20-27(19-14-21-8-3-2-4-9-21)24(29)11-7-16-26-15-6-5-10-23(26)28/h2-4,8-9,22H,5-7,10-20H2,1H3. The highest BCUT2D eigenvalue weighted by molar-refractivity contribution is 5.77. The first-order valence-electron chi connectivity index (χ1n) is 11.4. The molecule has 2 amide bonds. The SMILES string of the molecule is CN1CCC(CN(CCc2ccccc2)C(=O)CCCN2CCCCC2=O)CC1. The molecule has 0 unspecified atom stereocenters. The Labute approximate surface area is 176 Å². The average Bonchev–Trinajstić information content (AvgIpc) is 2.74. The zero-order chi connectivity index (χ0) is 20.5. The second kappa shape index (κ2) is 11.3. The first-order chi connectivity index (χ1) is 14.1. The van der Waals surface area contributed by atoms with Gasteiger partial charge in [-0.05, 0) is 70.1 Å². The number of benzene rings is 1. The number of amides is 2. The fraction of sp³-hybridized carbons (Fsp3) is 0.667. The third kappa shape index (κ3) is 7.14. The first kappa shape index (κ1) is 21.8. The van der Waals surface area contributed by atoms with E-state index >= 15 is 0 Å². The summed E-state index contributed by atoms with van der Waals surface area (Å²) in [5.74, 6) is 1.12. The second-order valence-electron chi connectivity index (χ2n) is 8.76. The van der Waals surface area contributed by atoms with Gasteiger partial charge in [0.05, 0.1) is 0 Å². The molecule has 2 fully saturated rings. The van der Waals surface area contributed by atoms with E-state index in [1.54, 1.807) is 0 Å². The quantitative estimate of drug-likeness (QED) is 0.641. The minimum atomic E-state index is 0.254. The molecule has 3 rings (SSSR count). The Morgan fingerprint density at radius 1 is 1.10 bits per heavy atom. The Kier molecular flexibility index (Phi) is 8.53. The van der Waals surface area contributed by atoms with Crippen molar-refractivity contribution < 1.29 is 9.59 Å². The number of carbonyl (C=O) groups is 2. The molecule has 1 aromatic carbocycles. The lowest BCUT2D eigenvalue weighted by Crippen LogP contribution is -2.41. The molecule has 0 N–H and O–H groups in total. The average molecular weight is 400 g/mol. The van der Waals surface area contributed by atoms with Crippen LogP contribution in [0.3, 0.4) is 0 Å².